The van der Waals surface area contributed by atoms with Crippen LogP contribution in [0.4, 0.5) is 0 Å². The summed E-state index contributed by atoms with van der Waals surface area (Å²) < 4.78 is 0. The average Bonchev–Trinajstić information content (AvgIpc) is 1.79. The predicted molar refractivity (Wildman–Crippen MR) is 36.0 cm³/mol. The van der Waals surface area contributed by atoms with Crippen molar-refractivity contribution in [3.63, 3.8) is 0 Å². The van der Waals surface area contributed by atoms with Crippen molar-refractivity contribution in [2.24, 2.45) is 5.92 Å². The van der Waals surface area contributed by atoms with Gasteiger partial charge in [0.2, 0.25) is 5.91 Å². The highest BCUT2D eigenvalue weighted by molar-refractivity contribution is 5.79. The smallest absolute Gasteiger partial charge is 0.220 e. The molecule has 1 atom stereocenters. The van der Waals surface area contributed by atoms with Crippen molar-refractivity contribution in [2.75, 3.05) is 0 Å². The first-order valence-electron chi connectivity index (χ1n) is 3.33. The van der Waals surface area contributed by atoms with E-state index in [0.717, 1.165) is 0 Å². The zero-order valence-electron chi connectivity index (χ0n) is 6.19. The Morgan fingerprint density at radius 3 is 2.33 bits per heavy atom. The molecular formula is C7H13NO. The molecule has 0 aliphatic carbocycles. The number of carbonyl (C=O) groups is 1. The molecule has 1 aliphatic rings. The lowest BCUT2D eigenvalue weighted by Gasteiger charge is -2.22. The van der Waals surface area contributed by atoms with Crippen LogP contribution in [0.15, 0.2) is 0 Å². The normalized spacial score (nSPS) is 32.3. The maximum absolute atomic E-state index is 10.8. The SMILES string of the molecule is C[C@H]1CC(=O)NC1(C)C. The van der Waals surface area contributed by atoms with Crippen LogP contribution in [0.2, 0.25) is 0 Å². The molecular weight excluding hydrogens is 114 g/mol. The van der Waals surface area contributed by atoms with Crippen LogP contribution < -0.4 is 5.32 Å². The Balaban J connectivity index is 2.69. The molecule has 1 amide bonds. The van der Waals surface area contributed by atoms with Gasteiger partial charge in [-0.3, -0.25) is 4.79 Å². The van der Waals surface area contributed by atoms with Gasteiger partial charge < -0.3 is 5.32 Å². The van der Waals surface area contributed by atoms with E-state index in [1.807, 2.05) is 0 Å². The van der Waals surface area contributed by atoms with Crippen molar-refractivity contribution >= 4 is 5.91 Å². The van der Waals surface area contributed by atoms with E-state index in [-0.39, 0.29) is 11.4 Å². The lowest BCUT2D eigenvalue weighted by molar-refractivity contribution is -0.119. The quantitative estimate of drug-likeness (QED) is 0.515. The molecule has 1 saturated heterocycles. The minimum absolute atomic E-state index is 0.0249. The van der Waals surface area contributed by atoms with E-state index in [9.17, 15) is 4.79 Å². The number of amides is 1. The van der Waals surface area contributed by atoms with Crippen LogP contribution in [0, 0.1) is 5.92 Å². The van der Waals surface area contributed by atoms with Crippen LogP contribution in [-0.2, 0) is 4.79 Å². The third kappa shape index (κ3) is 1.07. The van der Waals surface area contributed by atoms with Gasteiger partial charge in [0.25, 0.3) is 0 Å². The summed E-state index contributed by atoms with van der Waals surface area (Å²) in [7, 11) is 0. The third-order valence-electron chi connectivity index (χ3n) is 2.19. The van der Waals surface area contributed by atoms with E-state index < -0.39 is 0 Å². The molecule has 2 heteroatoms. The van der Waals surface area contributed by atoms with Crippen LogP contribution in [-0.4, -0.2) is 11.4 Å². The van der Waals surface area contributed by atoms with Gasteiger partial charge in [0.05, 0.1) is 0 Å². The Morgan fingerprint density at radius 1 is 1.67 bits per heavy atom. The molecule has 2 nitrogen and oxygen atoms in total. The summed E-state index contributed by atoms with van der Waals surface area (Å²) in [6.07, 6.45) is 0.687. The second kappa shape index (κ2) is 1.72. The number of hydrogen-bond donors (Lipinski definition) is 1. The number of hydrogen-bond acceptors (Lipinski definition) is 1. The molecule has 9 heavy (non-hydrogen) atoms. The summed E-state index contributed by atoms with van der Waals surface area (Å²) in [6.45, 7) is 6.21. The fourth-order valence-electron chi connectivity index (χ4n) is 1.07. The van der Waals surface area contributed by atoms with E-state index in [2.05, 4.69) is 26.1 Å². The van der Waals surface area contributed by atoms with Crippen molar-refractivity contribution in [1.82, 2.24) is 5.32 Å². The van der Waals surface area contributed by atoms with Gasteiger partial charge in [-0.2, -0.15) is 0 Å². The average molecular weight is 127 g/mol. The minimum Gasteiger partial charge on any atom is -0.351 e. The summed E-state index contributed by atoms with van der Waals surface area (Å²) in [6, 6.07) is 0. The molecule has 1 aliphatic heterocycles. The molecule has 0 unspecified atom stereocenters. The largest absolute Gasteiger partial charge is 0.351 e. The van der Waals surface area contributed by atoms with Gasteiger partial charge in [0.1, 0.15) is 0 Å². The third-order valence-corrected chi connectivity index (χ3v) is 2.19. The Labute approximate surface area is 55.6 Å². The highest BCUT2D eigenvalue weighted by atomic mass is 16.2. The molecule has 1 fully saturated rings. The fraction of sp³-hybridized carbons (Fsp3) is 0.857. The Morgan fingerprint density at radius 2 is 2.22 bits per heavy atom. The van der Waals surface area contributed by atoms with Crippen molar-refractivity contribution in [3.05, 3.63) is 0 Å². The molecule has 0 bridgehead atoms. The van der Waals surface area contributed by atoms with Crippen LogP contribution >= 0.6 is 0 Å². The second-order valence-corrected chi connectivity index (χ2v) is 3.38. The number of rotatable bonds is 0. The maximum Gasteiger partial charge on any atom is 0.220 e. The Bertz CT molecular complexity index is 140. The topological polar surface area (TPSA) is 29.1 Å². The predicted octanol–water partition coefficient (Wildman–Crippen LogP) is 0.921. The van der Waals surface area contributed by atoms with Crippen LogP contribution in [0.25, 0.3) is 0 Å². The van der Waals surface area contributed by atoms with Gasteiger partial charge in [-0.15, -0.1) is 0 Å². The summed E-state index contributed by atoms with van der Waals surface area (Å²) in [5.41, 5.74) is 0.0249. The number of nitrogens with one attached hydrogen (secondary N) is 1. The van der Waals surface area contributed by atoms with Gasteiger partial charge in [-0.25, -0.2) is 0 Å². The Kier molecular flexibility index (Phi) is 1.26. The van der Waals surface area contributed by atoms with Crippen LogP contribution in [0.3, 0.4) is 0 Å². The maximum atomic E-state index is 10.8. The van der Waals surface area contributed by atoms with Crippen LogP contribution in [0.1, 0.15) is 27.2 Å². The van der Waals surface area contributed by atoms with Gasteiger partial charge >= 0.3 is 0 Å². The van der Waals surface area contributed by atoms with Crippen molar-refractivity contribution < 1.29 is 4.79 Å². The first kappa shape index (κ1) is 6.59. The molecule has 0 aromatic heterocycles. The molecule has 0 saturated carbocycles. The van der Waals surface area contributed by atoms with Gasteiger partial charge in [0, 0.05) is 12.0 Å². The van der Waals surface area contributed by atoms with E-state index in [4.69, 9.17) is 0 Å². The lowest BCUT2D eigenvalue weighted by Crippen LogP contribution is -2.38. The highest BCUT2D eigenvalue weighted by Crippen LogP contribution is 2.25. The first-order chi connectivity index (χ1) is 4.02. The van der Waals surface area contributed by atoms with E-state index >= 15 is 0 Å². The van der Waals surface area contributed by atoms with Crippen LogP contribution in [0.5, 0.6) is 0 Å². The molecule has 1 rings (SSSR count). The van der Waals surface area contributed by atoms with Crippen molar-refractivity contribution in [3.8, 4) is 0 Å². The highest BCUT2D eigenvalue weighted by Gasteiger charge is 2.35. The Hall–Kier alpha value is -0.530. The molecule has 0 aromatic carbocycles. The molecule has 1 N–H and O–H groups in total. The summed E-state index contributed by atoms with van der Waals surface area (Å²) in [4.78, 5) is 10.8. The first-order valence-corrected chi connectivity index (χ1v) is 3.33. The number of carbonyl (C=O) groups excluding carboxylic acids is 1. The molecule has 52 valence electrons. The zero-order chi connectivity index (χ0) is 7.07. The summed E-state index contributed by atoms with van der Waals surface area (Å²) in [5.74, 6) is 0.664. The van der Waals surface area contributed by atoms with Gasteiger partial charge in [0.15, 0.2) is 0 Å². The summed E-state index contributed by atoms with van der Waals surface area (Å²) >= 11 is 0. The van der Waals surface area contributed by atoms with E-state index in [0.29, 0.717) is 12.3 Å². The van der Waals surface area contributed by atoms with Gasteiger partial charge in [-0.1, -0.05) is 6.92 Å². The van der Waals surface area contributed by atoms with Crippen molar-refractivity contribution in [2.45, 2.75) is 32.7 Å². The molecule has 0 radical (unpaired) electrons. The lowest BCUT2D eigenvalue weighted by atomic mass is 9.91. The molecule has 1 heterocycles. The monoisotopic (exact) mass is 127 g/mol. The minimum atomic E-state index is 0.0249. The summed E-state index contributed by atoms with van der Waals surface area (Å²) in [5, 5.41) is 2.90. The van der Waals surface area contributed by atoms with E-state index in [1.54, 1.807) is 0 Å². The standard InChI is InChI=1S/C7H13NO/c1-5-4-6(9)8-7(5,2)3/h5H,4H2,1-3H3,(H,8,9)/t5-/m0/s1. The molecule has 0 aromatic rings. The fourth-order valence-corrected chi connectivity index (χ4v) is 1.07. The zero-order valence-corrected chi connectivity index (χ0v) is 6.19. The second-order valence-electron chi connectivity index (χ2n) is 3.38. The van der Waals surface area contributed by atoms with Gasteiger partial charge in [-0.05, 0) is 19.8 Å². The molecule has 0 spiro atoms. The van der Waals surface area contributed by atoms with E-state index in [1.165, 1.54) is 0 Å². The van der Waals surface area contributed by atoms with Crippen molar-refractivity contribution in [1.29, 1.82) is 0 Å².